The van der Waals surface area contributed by atoms with Gasteiger partial charge in [-0.25, -0.2) is 0 Å². The summed E-state index contributed by atoms with van der Waals surface area (Å²) in [5.41, 5.74) is 1.29. The monoisotopic (exact) mass is 333 g/mol. The minimum atomic E-state index is 0.902. The Morgan fingerprint density at radius 3 is 2.29 bits per heavy atom. The van der Waals surface area contributed by atoms with Crippen LogP contribution in [0.2, 0.25) is 0 Å². The summed E-state index contributed by atoms with van der Waals surface area (Å²) in [5.74, 6) is 1.85. The van der Waals surface area contributed by atoms with Crippen molar-refractivity contribution in [3.63, 3.8) is 0 Å². The molecule has 2 saturated heterocycles. The van der Waals surface area contributed by atoms with E-state index < -0.39 is 0 Å². The number of ether oxygens (including phenoxy) is 1. The Balaban J connectivity index is 0.00000100. The Bertz CT molecular complexity index is 464. The van der Waals surface area contributed by atoms with E-state index in [0.29, 0.717) is 0 Å². The molecule has 3 rings (SSSR count). The van der Waals surface area contributed by atoms with Gasteiger partial charge in [0.05, 0.1) is 7.11 Å². The first-order valence-corrected chi connectivity index (χ1v) is 9.54. The highest BCUT2D eigenvalue weighted by Gasteiger charge is 2.22. The number of likely N-dealkylation sites (tertiary alicyclic amines) is 1. The largest absolute Gasteiger partial charge is 0.497 e. The van der Waals surface area contributed by atoms with Crippen molar-refractivity contribution in [1.82, 2.24) is 9.80 Å². The first-order chi connectivity index (χ1) is 11.7. The second-order valence-electron chi connectivity index (χ2n) is 6.74. The Kier molecular flexibility index (Phi) is 7.86. The number of piperazine rings is 1. The maximum Gasteiger partial charge on any atom is 0.120 e. The van der Waals surface area contributed by atoms with Crippen LogP contribution in [0.15, 0.2) is 24.3 Å². The van der Waals surface area contributed by atoms with Crippen LogP contribution < -0.4 is 9.64 Å². The SMILES string of the molecule is CC.COc1cccc(N2CCN(CC3CCN(C)CC3)CC2)c1. The first-order valence-electron chi connectivity index (χ1n) is 9.54. The number of methoxy groups -OCH3 is 1. The molecule has 4 nitrogen and oxygen atoms in total. The van der Waals surface area contributed by atoms with Crippen LogP contribution in [-0.2, 0) is 0 Å². The molecule has 2 heterocycles. The molecule has 0 atom stereocenters. The summed E-state index contributed by atoms with van der Waals surface area (Å²) in [7, 11) is 3.97. The van der Waals surface area contributed by atoms with Crippen molar-refractivity contribution in [2.75, 3.05) is 64.9 Å². The van der Waals surface area contributed by atoms with Crippen LogP contribution in [0, 0.1) is 5.92 Å². The maximum absolute atomic E-state index is 5.33. The highest BCUT2D eigenvalue weighted by Crippen LogP contribution is 2.23. The fourth-order valence-corrected chi connectivity index (χ4v) is 3.61. The molecule has 136 valence electrons. The van der Waals surface area contributed by atoms with Crippen molar-refractivity contribution in [3.8, 4) is 5.75 Å². The van der Waals surface area contributed by atoms with Gasteiger partial charge in [-0.1, -0.05) is 19.9 Å². The molecule has 4 heteroatoms. The standard InChI is InChI=1S/C18H29N3O.C2H6/c1-19-8-6-16(7-9-19)15-20-10-12-21(13-11-20)17-4-3-5-18(14-17)22-2;1-2/h3-5,14,16H,6-13,15H2,1-2H3;1-2H3. The third-order valence-electron chi connectivity index (χ3n) is 5.15. The molecule has 0 N–H and O–H groups in total. The van der Waals surface area contributed by atoms with Gasteiger partial charge in [0, 0.05) is 44.5 Å². The number of rotatable bonds is 4. The molecule has 1 aromatic carbocycles. The summed E-state index contributed by atoms with van der Waals surface area (Å²) in [6, 6.07) is 8.43. The highest BCUT2D eigenvalue weighted by atomic mass is 16.5. The molecule has 0 amide bonds. The van der Waals surface area contributed by atoms with Gasteiger partial charge < -0.3 is 14.5 Å². The van der Waals surface area contributed by atoms with Crippen molar-refractivity contribution in [1.29, 1.82) is 0 Å². The average molecular weight is 334 g/mol. The zero-order chi connectivity index (χ0) is 17.4. The van der Waals surface area contributed by atoms with Crippen LogP contribution in [-0.4, -0.2) is 69.8 Å². The Labute approximate surface area is 148 Å². The summed E-state index contributed by atoms with van der Waals surface area (Å²) in [6.07, 6.45) is 2.74. The smallest absolute Gasteiger partial charge is 0.120 e. The molecule has 2 aliphatic heterocycles. The topological polar surface area (TPSA) is 19.0 Å². The van der Waals surface area contributed by atoms with Crippen LogP contribution >= 0.6 is 0 Å². The van der Waals surface area contributed by atoms with Gasteiger partial charge in [0.2, 0.25) is 0 Å². The Morgan fingerprint density at radius 1 is 1.00 bits per heavy atom. The molecule has 0 bridgehead atoms. The zero-order valence-corrected chi connectivity index (χ0v) is 16.0. The lowest BCUT2D eigenvalue weighted by Crippen LogP contribution is -2.48. The lowest BCUT2D eigenvalue weighted by molar-refractivity contribution is 0.155. The van der Waals surface area contributed by atoms with Crippen LogP contribution in [0.1, 0.15) is 26.7 Å². The fraction of sp³-hybridized carbons (Fsp3) is 0.700. The van der Waals surface area contributed by atoms with E-state index in [9.17, 15) is 0 Å². The van der Waals surface area contributed by atoms with E-state index in [1.807, 2.05) is 19.9 Å². The van der Waals surface area contributed by atoms with Gasteiger partial charge in [-0.2, -0.15) is 0 Å². The summed E-state index contributed by atoms with van der Waals surface area (Å²) in [6.45, 7) is 12.5. The van der Waals surface area contributed by atoms with Gasteiger partial charge in [-0.3, -0.25) is 4.90 Å². The molecule has 1 aromatic rings. The molecule has 0 saturated carbocycles. The Hall–Kier alpha value is -1.26. The fourth-order valence-electron chi connectivity index (χ4n) is 3.61. The van der Waals surface area contributed by atoms with E-state index in [1.54, 1.807) is 7.11 Å². The molecule has 0 unspecified atom stereocenters. The van der Waals surface area contributed by atoms with Crippen LogP contribution in [0.5, 0.6) is 5.75 Å². The molecule has 0 aliphatic carbocycles. The Morgan fingerprint density at radius 2 is 1.67 bits per heavy atom. The zero-order valence-electron chi connectivity index (χ0n) is 16.0. The second kappa shape index (κ2) is 9.90. The van der Waals surface area contributed by atoms with Crippen molar-refractivity contribution >= 4 is 5.69 Å². The lowest BCUT2D eigenvalue weighted by atomic mass is 9.96. The second-order valence-corrected chi connectivity index (χ2v) is 6.74. The molecule has 24 heavy (non-hydrogen) atoms. The molecule has 2 aliphatic rings. The van der Waals surface area contributed by atoms with Gasteiger partial charge in [-0.05, 0) is 51.0 Å². The molecule has 0 spiro atoms. The first kappa shape index (κ1) is 19.1. The van der Waals surface area contributed by atoms with Crippen molar-refractivity contribution in [2.45, 2.75) is 26.7 Å². The number of hydrogen-bond donors (Lipinski definition) is 0. The van der Waals surface area contributed by atoms with E-state index in [2.05, 4.69) is 39.9 Å². The molecule has 2 fully saturated rings. The number of hydrogen-bond acceptors (Lipinski definition) is 4. The van der Waals surface area contributed by atoms with Gasteiger partial charge in [-0.15, -0.1) is 0 Å². The van der Waals surface area contributed by atoms with Crippen LogP contribution in [0.3, 0.4) is 0 Å². The quantitative estimate of drug-likeness (QED) is 0.842. The van der Waals surface area contributed by atoms with Crippen molar-refractivity contribution < 1.29 is 4.74 Å². The van der Waals surface area contributed by atoms with E-state index in [0.717, 1.165) is 24.8 Å². The molecule has 0 aromatic heterocycles. The summed E-state index contributed by atoms with van der Waals surface area (Å²) in [5, 5.41) is 0. The van der Waals surface area contributed by atoms with E-state index in [1.165, 1.54) is 51.3 Å². The van der Waals surface area contributed by atoms with Gasteiger partial charge in [0.1, 0.15) is 5.75 Å². The number of anilines is 1. The number of nitrogens with zero attached hydrogens (tertiary/aromatic N) is 3. The minimum absolute atomic E-state index is 0.902. The van der Waals surface area contributed by atoms with Gasteiger partial charge >= 0.3 is 0 Å². The molecular weight excluding hydrogens is 298 g/mol. The normalized spacial score (nSPS) is 20.4. The average Bonchev–Trinajstić information content (AvgIpc) is 2.66. The predicted octanol–water partition coefficient (Wildman–Crippen LogP) is 3.19. The summed E-state index contributed by atoms with van der Waals surface area (Å²) >= 11 is 0. The number of piperidine rings is 1. The lowest BCUT2D eigenvalue weighted by Gasteiger charge is -2.39. The van der Waals surface area contributed by atoms with Crippen LogP contribution in [0.4, 0.5) is 5.69 Å². The van der Waals surface area contributed by atoms with Crippen LogP contribution in [0.25, 0.3) is 0 Å². The van der Waals surface area contributed by atoms with Crippen molar-refractivity contribution in [3.05, 3.63) is 24.3 Å². The third kappa shape index (κ3) is 5.38. The van der Waals surface area contributed by atoms with E-state index in [4.69, 9.17) is 4.74 Å². The maximum atomic E-state index is 5.33. The predicted molar refractivity (Wildman–Crippen MR) is 103 cm³/mol. The van der Waals surface area contributed by atoms with Gasteiger partial charge in [0.25, 0.3) is 0 Å². The molecular formula is C20H35N3O. The summed E-state index contributed by atoms with van der Waals surface area (Å²) < 4.78 is 5.33. The van der Waals surface area contributed by atoms with Gasteiger partial charge in [0.15, 0.2) is 0 Å². The third-order valence-corrected chi connectivity index (χ3v) is 5.15. The minimum Gasteiger partial charge on any atom is -0.497 e. The summed E-state index contributed by atoms with van der Waals surface area (Å²) in [4.78, 5) is 7.59. The van der Waals surface area contributed by atoms with Crippen molar-refractivity contribution in [2.24, 2.45) is 5.92 Å². The molecule has 0 radical (unpaired) electrons. The highest BCUT2D eigenvalue weighted by molar-refractivity contribution is 5.51. The van der Waals surface area contributed by atoms with E-state index in [-0.39, 0.29) is 0 Å². The number of benzene rings is 1. The van der Waals surface area contributed by atoms with E-state index >= 15 is 0 Å².